The summed E-state index contributed by atoms with van der Waals surface area (Å²) in [6.45, 7) is 5.74. The summed E-state index contributed by atoms with van der Waals surface area (Å²) in [6.07, 6.45) is 2.02. The summed E-state index contributed by atoms with van der Waals surface area (Å²) in [7, 11) is 1.66. The molecule has 1 saturated heterocycles. The highest BCUT2D eigenvalue weighted by Gasteiger charge is 2.26. The van der Waals surface area contributed by atoms with Crippen molar-refractivity contribution in [3.63, 3.8) is 0 Å². The number of aromatic nitrogens is 1. The van der Waals surface area contributed by atoms with E-state index in [2.05, 4.69) is 30.0 Å². The number of hydrogen-bond donors (Lipinski definition) is 0. The van der Waals surface area contributed by atoms with E-state index in [1.54, 1.807) is 18.4 Å². The Hall–Kier alpha value is -2.80. The summed E-state index contributed by atoms with van der Waals surface area (Å²) in [5, 5.41) is 2.94. The molecule has 1 fully saturated rings. The van der Waals surface area contributed by atoms with Crippen LogP contribution in [-0.4, -0.2) is 36.1 Å². The molecule has 0 amide bonds. The maximum atomic E-state index is 14.0. The maximum Gasteiger partial charge on any atom is 0.292 e. The fourth-order valence-electron chi connectivity index (χ4n) is 3.98. The van der Waals surface area contributed by atoms with Gasteiger partial charge in [-0.3, -0.25) is 0 Å². The van der Waals surface area contributed by atoms with Crippen molar-refractivity contribution in [1.29, 1.82) is 0 Å². The lowest BCUT2D eigenvalue weighted by molar-refractivity contribution is 0.239. The van der Waals surface area contributed by atoms with E-state index in [0.29, 0.717) is 17.6 Å². The number of piperidine rings is 1. The van der Waals surface area contributed by atoms with E-state index in [0.717, 1.165) is 42.2 Å². The van der Waals surface area contributed by atoms with Crippen LogP contribution in [0.5, 0.6) is 0 Å². The smallest absolute Gasteiger partial charge is 0.292 e. The van der Waals surface area contributed by atoms with Crippen molar-refractivity contribution < 1.29 is 13.5 Å². The normalized spacial score (nSPS) is 15.3. The number of halogens is 2. The predicted molar refractivity (Wildman–Crippen MR) is 125 cm³/mol. The second kappa shape index (κ2) is 9.77. The molecule has 0 N–H and O–H groups in total. The molecule has 168 valence electrons. The van der Waals surface area contributed by atoms with Crippen molar-refractivity contribution in [3.05, 3.63) is 80.8 Å². The molecule has 0 atom stereocenters. The fourth-order valence-corrected chi connectivity index (χ4v) is 4.97. The monoisotopic (exact) mass is 455 g/mol. The first-order valence-corrected chi connectivity index (χ1v) is 11.6. The molecular weight excluding hydrogens is 428 g/mol. The van der Waals surface area contributed by atoms with E-state index >= 15 is 0 Å². The third kappa shape index (κ3) is 4.99. The molecular formula is C25H27F2N3OS. The number of rotatable bonds is 4. The minimum atomic E-state index is -0.525. The molecule has 0 spiro atoms. The molecule has 32 heavy (non-hydrogen) atoms. The standard InChI is InChI=1S/C25H27F2N3OS/c1-16-7-8-17(2)23(13-16)29-25(31-3)30-11-9-18(10-12-30)24-28-19(15-32-24)14-20-21(26)5-4-6-22(20)27/h4-8,13,15,18H,9-12,14H2,1-3H3. The molecule has 0 radical (unpaired) electrons. The van der Waals surface area contributed by atoms with Gasteiger partial charge in [-0.25, -0.2) is 13.8 Å². The Balaban J connectivity index is 1.41. The molecule has 0 aliphatic carbocycles. The number of nitrogens with zero attached hydrogens (tertiary/aromatic N) is 3. The first-order valence-electron chi connectivity index (χ1n) is 10.8. The minimum Gasteiger partial charge on any atom is -0.468 e. The zero-order valence-electron chi connectivity index (χ0n) is 18.6. The molecule has 3 aromatic rings. The van der Waals surface area contributed by atoms with Gasteiger partial charge in [0, 0.05) is 36.4 Å². The summed E-state index contributed by atoms with van der Waals surface area (Å²) < 4.78 is 33.5. The molecule has 1 aromatic heterocycles. The predicted octanol–water partition coefficient (Wildman–Crippen LogP) is 6.14. The van der Waals surface area contributed by atoms with Gasteiger partial charge in [0.2, 0.25) is 0 Å². The van der Waals surface area contributed by atoms with Crippen LogP contribution < -0.4 is 0 Å². The summed E-state index contributed by atoms with van der Waals surface area (Å²) in [5.41, 5.74) is 3.99. The van der Waals surface area contributed by atoms with E-state index in [1.165, 1.54) is 23.8 Å². The number of thiazole rings is 1. The van der Waals surface area contributed by atoms with Gasteiger partial charge in [0.25, 0.3) is 6.02 Å². The van der Waals surface area contributed by atoms with Crippen LogP contribution in [0.2, 0.25) is 0 Å². The van der Waals surface area contributed by atoms with Crippen molar-refractivity contribution in [1.82, 2.24) is 9.88 Å². The second-order valence-electron chi connectivity index (χ2n) is 8.20. The van der Waals surface area contributed by atoms with Crippen molar-refractivity contribution in [2.45, 2.75) is 39.0 Å². The van der Waals surface area contributed by atoms with Crippen LogP contribution in [0.25, 0.3) is 0 Å². The second-order valence-corrected chi connectivity index (χ2v) is 9.09. The summed E-state index contributed by atoms with van der Waals surface area (Å²) in [5.74, 6) is -0.722. The molecule has 1 aliphatic rings. The Morgan fingerprint density at radius 1 is 1.16 bits per heavy atom. The van der Waals surface area contributed by atoms with Gasteiger partial charge in [-0.15, -0.1) is 11.3 Å². The van der Waals surface area contributed by atoms with Crippen LogP contribution >= 0.6 is 11.3 Å². The van der Waals surface area contributed by atoms with E-state index in [9.17, 15) is 8.78 Å². The average molecular weight is 456 g/mol. The summed E-state index contributed by atoms with van der Waals surface area (Å²) in [4.78, 5) is 11.6. The highest BCUT2D eigenvalue weighted by Crippen LogP contribution is 2.32. The Labute approximate surface area is 191 Å². The van der Waals surface area contributed by atoms with Crippen molar-refractivity contribution >= 4 is 23.0 Å². The van der Waals surface area contributed by atoms with Gasteiger partial charge in [-0.05, 0) is 56.0 Å². The minimum absolute atomic E-state index is 0.0755. The van der Waals surface area contributed by atoms with Crippen molar-refractivity contribution in [2.75, 3.05) is 20.2 Å². The number of likely N-dealkylation sites (tertiary alicyclic amines) is 1. The summed E-state index contributed by atoms with van der Waals surface area (Å²) in [6, 6.07) is 10.8. The molecule has 2 heterocycles. The molecule has 1 aliphatic heterocycles. The van der Waals surface area contributed by atoms with Crippen molar-refractivity contribution in [2.24, 2.45) is 4.99 Å². The number of amidine groups is 1. The van der Waals surface area contributed by atoms with Crippen LogP contribution in [0.1, 0.15) is 46.2 Å². The topological polar surface area (TPSA) is 37.7 Å². The Morgan fingerprint density at radius 3 is 2.56 bits per heavy atom. The van der Waals surface area contributed by atoms with Crippen LogP contribution in [0.3, 0.4) is 0 Å². The zero-order valence-corrected chi connectivity index (χ0v) is 19.4. The largest absolute Gasteiger partial charge is 0.468 e. The fraction of sp³-hybridized carbons (Fsp3) is 0.360. The first-order chi connectivity index (χ1) is 15.4. The SMILES string of the molecule is COC(=Nc1cc(C)ccc1C)N1CCC(c2nc(Cc3c(F)cccc3F)cs2)CC1. The Bertz CT molecular complexity index is 1100. The number of aliphatic imine (C=N–C) groups is 1. The molecule has 2 aromatic carbocycles. The van der Waals surface area contributed by atoms with Gasteiger partial charge in [-0.2, -0.15) is 4.99 Å². The highest BCUT2D eigenvalue weighted by molar-refractivity contribution is 7.09. The molecule has 0 unspecified atom stereocenters. The zero-order chi connectivity index (χ0) is 22.7. The molecule has 0 saturated carbocycles. The molecule has 7 heteroatoms. The van der Waals surface area contributed by atoms with E-state index in [1.807, 2.05) is 12.3 Å². The molecule has 0 bridgehead atoms. The van der Waals surface area contributed by atoms with Crippen molar-refractivity contribution in [3.8, 4) is 0 Å². The van der Waals surface area contributed by atoms with Gasteiger partial charge >= 0.3 is 0 Å². The van der Waals surface area contributed by atoms with E-state index in [-0.39, 0.29) is 12.0 Å². The molecule has 4 rings (SSSR count). The van der Waals surface area contributed by atoms with E-state index in [4.69, 9.17) is 14.7 Å². The maximum absolute atomic E-state index is 14.0. The Morgan fingerprint density at radius 2 is 1.88 bits per heavy atom. The quantitative estimate of drug-likeness (QED) is 0.350. The number of ether oxygens (including phenoxy) is 1. The van der Waals surface area contributed by atoms with Crippen LogP contribution in [0, 0.1) is 25.5 Å². The third-order valence-corrected chi connectivity index (χ3v) is 6.92. The van der Waals surface area contributed by atoms with Gasteiger partial charge in [0.05, 0.1) is 23.5 Å². The Kier molecular flexibility index (Phi) is 6.84. The number of hydrogen-bond acceptors (Lipinski definition) is 4. The van der Waals surface area contributed by atoms with Gasteiger partial charge in [-0.1, -0.05) is 18.2 Å². The van der Waals surface area contributed by atoms with E-state index < -0.39 is 11.6 Å². The van der Waals surface area contributed by atoms with Gasteiger partial charge < -0.3 is 9.64 Å². The number of methoxy groups -OCH3 is 1. The van der Waals surface area contributed by atoms with Crippen LogP contribution in [0.4, 0.5) is 14.5 Å². The lowest BCUT2D eigenvalue weighted by Crippen LogP contribution is -2.38. The lowest BCUT2D eigenvalue weighted by atomic mass is 9.98. The summed E-state index contributed by atoms with van der Waals surface area (Å²) >= 11 is 1.57. The number of aryl methyl sites for hydroxylation is 2. The van der Waals surface area contributed by atoms with Gasteiger partial charge in [0.1, 0.15) is 11.6 Å². The first kappa shape index (κ1) is 22.4. The number of benzene rings is 2. The lowest BCUT2D eigenvalue weighted by Gasteiger charge is -2.32. The third-order valence-electron chi connectivity index (χ3n) is 5.87. The van der Waals surface area contributed by atoms with Crippen LogP contribution in [-0.2, 0) is 11.2 Å². The van der Waals surface area contributed by atoms with Gasteiger partial charge in [0.15, 0.2) is 0 Å². The van der Waals surface area contributed by atoms with Crippen LogP contribution in [0.15, 0.2) is 46.8 Å². The highest BCUT2D eigenvalue weighted by atomic mass is 32.1. The average Bonchev–Trinajstić information content (AvgIpc) is 3.26. The molecule has 4 nitrogen and oxygen atoms in total.